The third-order valence-electron chi connectivity index (χ3n) is 5.19. The molecule has 2 aliphatic rings. The molecule has 0 saturated heterocycles. The summed E-state index contributed by atoms with van der Waals surface area (Å²) in [5.74, 6) is -0.960. The Bertz CT molecular complexity index is 1180. The molecular formula is C24H23N3O8. The summed E-state index contributed by atoms with van der Waals surface area (Å²) >= 11 is 0. The summed E-state index contributed by atoms with van der Waals surface area (Å²) in [5.41, 5.74) is 1.15. The van der Waals surface area contributed by atoms with Crippen molar-refractivity contribution in [2.75, 3.05) is 26.6 Å². The fourth-order valence-corrected chi connectivity index (χ4v) is 3.57. The topological polar surface area (TPSA) is 141 Å². The van der Waals surface area contributed by atoms with E-state index in [1.54, 1.807) is 49.4 Å². The fraction of sp³-hybridized carbons (Fsp3) is 0.250. The first-order valence-corrected chi connectivity index (χ1v) is 10.8. The lowest BCUT2D eigenvalue weighted by Gasteiger charge is -2.29. The van der Waals surface area contributed by atoms with Crippen LogP contribution in [0.2, 0.25) is 0 Å². The average Bonchev–Trinajstić information content (AvgIpc) is 3.34. The van der Waals surface area contributed by atoms with Gasteiger partial charge in [0.1, 0.15) is 13.2 Å². The van der Waals surface area contributed by atoms with Gasteiger partial charge < -0.3 is 34.9 Å². The summed E-state index contributed by atoms with van der Waals surface area (Å²) in [6.07, 6.45) is 0. The molecule has 0 fully saturated rings. The third kappa shape index (κ3) is 5.52. The molecule has 0 aromatic heterocycles. The number of urea groups is 1. The molecule has 0 spiro atoms. The number of carbonyl (C=O) groups is 4. The molecule has 2 aromatic rings. The van der Waals surface area contributed by atoms with E-state index in [9.17, 15) is 19.2 Å². The van der Waals surface area contributed by atoms with Crippen LogP contribution in [0.3, 0.4) is 0 Å². The Balaban J connectivity index is 1.42. The van der Waals surface area contributed by atoms with Crippen molar-refractivity contribution in [3.05, 3.63) is 70.9 Å². The van der Waals surface area contributed by atoms with Gasteiger partial charge in [0.2, 0.25) is 6.79 Å². The van der Waals surface area contributed by atoms with Crippen LogP contribution in [0.4, 0.5) is 4.79 Å². The van der Waals surface area contributed by atoms with Crippen LogP contribution in [0.5, 0.6) is 11.5 Å². The Morgan fingerprint density at radius 3 is 2.60 bits per heavy atom. The van der Waals surface area contributed by atoms with Crippen molar-refractivity contribution in [1.82, 2.24) is 16.0 Å². The van der Waals surface area contributed by atoms with Crippen molar-refractivity contribution in [1.29, 1.82) is 0 Å². The van der Waals surface area contributed by atoms with E-state index in [0.717, 1.165) is 0 Å². The molecule has 2 aliphatic heterocycles. The van der Waals surface area contributed by atoms with Gasteiger partial charge in [-0.2, -0.15) is 0 Å². The molecule has 0 radical (unpaired) electrons. The predicted octanol–water partition coefficient (Wildman–Crippen LogP) is 1.56. The van der Waals surface area contributed by atoms with Gasteiger partial charge in [-0.15, -0.1) is 0 Å². The number of nitrogens with one attached hydrogen (secondary N) is 3. The number of hydrogen-bond donors (Lipinski definition) is 3. The van der Waals surface area contributed by atoms with Gasteiger partial charge in [-0.3, -0.25) is 9.59 Å². The predicted molar refractivity (Wildman–Crippen MR) is 120 cm³/mol. The highest BCUT2D eigenvalue weighted by Crippen LogP contribution is 2.32. The van der Waals surface area contributed by atoms with E-state index in [2.05, 4.69) is 16.0 Å². The number of ether oxygens (including phenoxy) is 4. The Morgan fingerprint density at radius 1 is 1.06 bits per heavy atom. The smallest absolute Gasteiger partial charge is 0.338 e. The highest BCUT2D eigenvalue weighted by Gasteiger charge is 2.34. The maximum absolute atomic E-state index is 12.7. The SMILES string of the molecule is CCOC(=O)C1=C(COC(=O)CNC(=O)c2ccc3c(c2)OCO3)NC(=O)NC1c1ccccc1. The molecule has 3 amide bonds. The Hall–Kier alpha value is -4.54. The highest BCUT2D eigenvalue weighted by atomic mass is 16.7. The van der Waals surface area contributed by atoms with Crippen LogP contribution in [-0.4, -0.2) is 50.4 Å². The average molecular weight is 481 g/mol. The minimum absolute atomic E-state index is 0.0769. The van der Waals surface area contributed by atoms with E-state index < -0.39 is 43.1 Å². The van der Waals surface area contributed by atoms with Gasteiger partial charge >= 0.3 is 18.0 Å². The van der Waals surface area contributed by atoms with Crippen LogP contribution in [0, 0.1) is 0 Å². The summed E-state index contributed by atoms with van der Waals surface area (Å²) in [6.45, 7) is 1.03. The van der Waals surface area contributed by atoms with Crippen LogP contribution in [-0.2, 0) is 19.1 Å². The zero-order valence-corrected chi connectivity index (χ0v) is 18.8. The van der Waals surface area contributed by atoms with Crippen LogP contribution in [0.25, 0.3) is 0 Å². The number of benzene rings is 2. The second-order valence-electron chi connectivity index (χ2n) is 7.47. The van der Waals surface area contributed by atoms with Crippen molar-refractivity contribution in [2.45, 2.75) is 13.0 Å². The molecule has 11 heteroatoms. The molecule has 0 saturated carbocycles. The number of amides is 3. The number of carbonyl (C=O) groups excluding carboxylic acids is 4. The van der Waals surface area contributed by atoms with Crippen molar-refractivity contribution >= 4 is 23.9 Å². The van der Waals surface area contributed by atoms with Gasteiger partial charge in [0, 0.05) is 5.56 Å². The quantitative estimate of drug-likeness (QED) is 0.483. The zero-order valence-electron chi connectivity index (χ0n) is 18.8. The summed E-state index contributed by atoms with van der Waals surface area (Å²) in [6, 6.07) is 12.2. The molecular weight excluding hydrogens is 458 g/mol. The van der Waals surface area contributed by atoms with E-state index in [0.29, 0.717) is 17.1 Å². The number of rotatable bonds is 8. The van der Waals surface area contributed by atoms with Gasteiger partial charge in [0.15, 0.2) is 11.5 Å². The first-order chi connectivity index (χ1) is 17.0. The Morgan fingerprint density at radius 2 is 1.83 bits per heavy atom. The summed E-state index contributed by atoms with van der Waals surface area (Å²) < 4.78 is 20.8. The molecule has 4 rings (SSSR count). The number of fused-ring (bicyclic) bond motifs is 1. The van der Waals surface area contributed by atoms with E-state index in [1.165, 1.54) is 6.07 Å². The van der Waals surface area contributed by atoms with Crippen LogP contribution in [0.15, 0.2) is 59.8 Å². The Kier molecular flexibility index (Phi) is 7.15. The van der Waals surface area contributed by atoms with Crippen LogP contribution < -0.4 is 25.4 Å². The lowest BCUT2D eigenvalue weighted by atomic mass is 9.95. The monoisotopic (exact) mass is 481 g/mol. The van der Waals surface area contributed by atoms with Crippen molar-refractivity contribution < 1.29 is 38.1 Å². The first kappa shape index (κ1) is 23.6. The largest absolute Gasteiger partial charge is 0.463 e. The van der Waals surface area contributed by atoms with E-state index in [4.69, 9.17) is 18.9 Å². The number of esters is 2. The summed E-state index contributed by atoms with van der Waals surface area (Å²) in [4.78, 5) is 49.6. The van der Waals surface area contributed by atoms with Crippen LogP contribution >= 0.6 is 0 Å². The first-order valence-electron chi connectivity index (χ1n) is 10.8. The second-order valence-corrected chi connectivity index (χ2v) is 7.47. The van der Waals surface area contributed by atoms with Crippen molar-refractivity contribution in [3.8, 4) is 11.5 Å². The highest BCUT2D eigenvalue weighted by molar-refractivity contribution is 5.97. The maximum atomic E-state index is 12.7. The van der Waals surface area contributed by atoms with Gasteiger partial charge in [0.25, 0.3) is 5.91 Å². The minimum Gasteiger partial charge on any atom is -0.463 e. The molecule has 182 valence electrons. The standard InChI is InChI=1S/C24H23N3O8/c1-2-32-23(30)20-16(26-24(31)27-21(20)14-6-4-3-5-7-14)12-33-19(28)11-25-22(29)15-8-9-17-18(10-15)35-13-34-17/h3-10,21H,2,11-13H2,1H3,(H,25,29)(H2,26,27,31). The molecule has 2 aromatic carbocycles. The lowest BCUT2D eigenvalue weighted by Crippen LogP contribution is -2.47. The summed E-state index contributed by atoms with van der Waals surface area (Å²) in [7, 11) is 0. The fourth-order valence-electron chi connectivity index (χ4n) is 3.57. The molecule has 0 aliphatic carbocycles. The van der Waals surface area contributed by atoms with Gasteiger partial charge in [0.05, 0.1) is 23.9 Å². The second kappa shape index (κ2) is 10.6. The van der Waals surface area contributed by atoms with Crippen molar-refractivity contribution in [2.24, 2.45) is 0 Å². The van der Waals surface area contributed by atoms with Crippen LogP contribution in [0.1, 0.15) is 28.9 Å². The van der Waals surface area contributed by atoms with Gasteiger partial charge in [-0.05, 0) is 30.7 Å². The lowest BCUT2D eigenvalue weighted by molar-refractivity contribution is -0.142. The normalized spacial score (nSPS) is 16.1. The van der Waals surface area contributed by atoms with Gasteiger partial charge in [-0.25, -0.2) is 9.59 Å². The third-order valence-corrected chi connectivity index (χ3v) is 5.19. The molecule has 35 heavy (non-hydrogen) atoms. The zero-order chi connectivity index (χ0) is 24.8. The molecule has 3 N–H and O–H groups in total. The maximum Gasteiger partial charge on any atom is 0.338 e. The molecule has 2 heterocycles. The van der Waals surface area contributed by atoms with Gasteiger partial charge in [-0.1, -0.05) is 30.3 Å². The molecule has 1 atom stereocenters. The summed E-state index contributed by atoms with van der Waals surface area (Å²) in [5, 5.41) is 7.66. The Labute approximate surface area is 200 Å². The van der Waals surface area contributed by atoms with Crippen molar-refractivity contribution in [3.63, 3.8) is 0 Å². The molecule has 0 bridgehead atoms. The molecule has 1 unspecified atom stereocenters. The molecule has 11 nitrogen and oxygen atoms in total. The number of hydrogen-bond acceptors (Lipinski definition) is 8. The minimum atomic E-state index is -0.789. The van der Waals surface area contributed by atoms with E-state index in [1.807, 2.05) is 0 Å². The van der Waals surface area contributed by atoms with E-state index in [-0.39, 0.29) is 30.2 Å². The van der Waals surface area contributed by atoms with E-state index >= 15 is 0 Å².